The smallest absolute Gasteiger partial charge is 0.277 e. The Balaban J connectivity index is 2.19. The molecule has 0 spiro atoms. The molecule has 19 heavy (non-hydrogen) atoms. The summed E-state index contributed by atoms with van der Waals surface area (Å²) in [5.74, 6) is 0. The van der Waals surface area contributed by atoms with E-state index in [9.17, 15) is 8.42 Å². The summed E-state index contributed by atoms with van der Waals surface area (Å²) in [6, 6.07) is 5.44. The topological polar surface area (TPSA) is 117 Å². The van der Waals surface area contributed by atoms with E-state index in [2.05, 4.69) is 0 Å². The van der Waals surface area contributed by atoms with Gasteiger partial charge in [-0.2, -0.15) is 12.7 Å². The molecule has 0 amide bonds. The summed E-state index contributed by atoms with van der Waals surface area (Å²) in [4.78, 5) is 2.01. The van der Waals surface area contributed by atoms with Gasteiger partial charge in [-0.15, -0.1) is 0 Å². The molecule has 0 atom stereocenters. The molecule has 0 radical (unpaired) electrons. The third-order valence-corrected chi connectivity index (χ3v) is 4.29. The Labute approximate surface area is 112 Å². The highest BCUT2D eigenvalue weighted by molar-refractivity contribution is 7.86. The summed E-state index contributed by atoms with van der Waals surface area (Å²) in [6.45, 7) is 1.73. The molecule has 5 N–H and O–H groups in total. The van der Waals surface area contributed by atoms with E-state index >= 15 is 0 Å². The van der Waals surface area contributed by atoms with Crippen LogP contribution in [0.2, 0.25) is 0 Å². The van der Waals surface area contributed by atoms with E-state index in [0.29, 0.717) is 37.4 Å². The second-order valence-corrected chi connectivity index (χ2v) is 5.90. The second-order valence-electron chi connectivity index (χ2n) is 4.36. The van der Waals surface area contributed by atoms with E-state index < -0.39 is 10.2 Å². The second kappa shape index (κ2) is 5.16. The lowest BCUT2D eigenvalue weighted by atomic mass is 10.1. The molecule has 104 valence electrons. The first-order chi connectivity index (χ1) is 8.93. The van der Waals surface area contributed by atoms with E-state index in [1.165, 1.54) is 10.5 Å². The quantitative estimate of drug-likeness (QED) is 0.516. The summed E-state index contributed by atoms with van der Waals surface area (Å²) in [7, 11) is -3.62. The number of nitrogen functional groups attached to an aromatic ring is 1. The van der Waals surface area contributed by atoms with Crippen molar-refractivity contribution >= 4 is 27.8 Å². The number of nitrogens with two attached hydrogens (primary N) is 2. The molecule has 7 nitrogen and oxygen atoms in total. The Bertz CT molecular complexity index is 579. The fourth-order valence-electron chi connectivity index (χ4n) is 2.19. The fraction of sp³-hybridized carbons (Fsp3) is 0.364. The highest BCUT2D eigenvalue weighted by Crippen LogP contribution is 2.25. The van der Waals surface area contributed by atoms with Crippen molar-refractivity contribution in [3.05, 3.63) is 23.8 Å². The average Bonchev–Trinajstić information content (AvgIpc) is 2.37. The zero-order valence-corrected chi connectivity index (χ0v) is 11.2. The van der Waals surface area contributed by atoms with E-state index in [1.807, 2.05) is 17.0 Å². The van der Waals surface area contributed by atoms with Gasteiger partial charge in [0.25, 0.3) is 10.2 Å². The predicted octanol–water partition coefficient (Wildman–Crippen LogP) is -0.408. The first-order valence-electron chi connectivity index (χ1n) is 5.85. The molecule has 8 heteroatoms. The zero-order chi connectivity index (χ0) is 14.0. The zero-order valence-electron chi connectivity index (χ0n) is 10.4. The number of benzene rings is 1. The van der Waals surface area contributed by atoms with Crippen molar-refractivity contribution in [3.8, 4) is 0 Å². The number of anilines is 2. The Hall–Kier alpha value is -1.64. The Morgan fingerprint density at radius 1 is 1.21 bits per heavy atom. The summed E-state index contributed by atoms with van der Waals surface area (Å²) in [5.41, 5.74) is 7.88. The number of nitrogens with one attached hydrogen (secondary N) is 1. The standard InChI is InChI=1S/C11H17N5O2S/c12-8-9-10(13)2-1-3-11(9)15-4-6-16(7-5-15)19(14,17)18/h1-3,8,12H,4-7,13H2,(H2,14,17,18). The summed E-state index contributed by atoms with van der Waals surface area (Å²) in [5, 5.41) is 12.5. The molecule has 1 saturated heterocycles. The molecule has 1 aromatic rings. The highest BCUT2D eigenvalue weighted by Gasteiger charge is 2.25. The lowest BCUT2D eigenvalue weighted by molar-refractivity contribution is 0.385. The number of rotatable bonds is 3. The van der Waals surface area contributed by atoms with Crippen molar-refractivity contribution in [2.45, 2.75) is 0 Å². The van der Waals surface area contributed by atoms with Gasteiger partial charge in [0.15, 0.2) is 0 Å². The minimum absolute atomic E-state index is 0.338. The van der Waals surface area contributed by atoms with Crippen LogP contribution in [-0.4, -0.2) is 45.1 Å². The molecule has 0 unspecified atom stereocenters. The fourth-order valence-corrected chi connectivity index (χ4v) is 2.86. The van der Waals surface area contributed by atoms with Crippen LogP contribution in [0.5, 0.6) is 0 Å². The van der Waals surface area contributed by atoms with Crippen LogP contribution in [0, 0.1) is 5.41 Å². The predicted molar refractivity (Wildman–Crippen MR) is 75.6 cm³/mol. The van der Waals surface area contributed by atoms with Gasteiger partial charge < -0.3 is 16.0 Å². The van der Waals surface area contributed by atoms with Crippen LogP contribution in [0.15, 0.2) is 18.2 Å². The Morgan fingerprint density at radius 3 is 2.37 bits per heavy atom. The van der Waals surface area contributed by atoms with Crippen molar-refractivity contribution in [2.75, 3.05) is 36.8 Å². The molecule has 1 aliphatic heterocycles. The van der Waals surface area contributed by atoms with Gasteiger partial charge in [0.2, 0.25) is 0 Å². The average molecular weight is 283 g/mol. The summed E-state index contributed by atoms with van der Waals surface area (Å²) in [6.07, 6.45) is 1.22. The van der Waals surface area contributed by atoms with E-state index in [1.54, 1.807) is 6.07 Å². The molecule has 0 bridgehead atoms. The molecule has 1 fully saturated rings. The van der Waals surface area contributed by atoms with Gasteiger partial charge in [0.05, 0.1) is 0 Å². The molecule has 2 rings (SSSR count). The van der Waals surface area contributed by atoms with E-state index in [4.69, 9.17) is 16.3 Å². The molecule has 1 aromatic carbocycles. The maximum atomic E-state index is 11.2. The first-order valence-corrected chi connectivity index (χ1v) is 7.35. The van der Waals surface area contributed by atoms with Gasteiger partial charge >= 0.3 is 0 Å². The van der Waals surface area contributed by atoms with Crippen LogP contribution in [0.4, 0.5) is 11.4 Å². The van der Waals surface area contributed by atoms with Gasteiger partial charge in [0, 0.05) is 49.3 Å². The van der Waals surface area contributed by atoms with Crippen molar-refractivity contribution in [1.82, 2.24) is 4.31 Å². The third kappa shape index (κ3) is 2.86. The summed E-state index contributed by atoms with van der Waals surface area (Å²) >= 11 is 0. The molecular formula is C11H17N5O2S. The monoisotopic (exact) mass is 283 g/mol. The summed E-state index contributed by atoms with van der Waals surface area (Å²) < 4.78 is 23.7. The van der Waals surface area contributed by atoms with Gasteiger partial charge in [0.1, 0.15) is 0 Å². The Morgan fingerprint density at radius 2 is 1.84 bits per heavy atom. The van der Waals surface area contributed by atoms with Gasteiger partial charge in [-0.25, -0.2) is 5.14 Å². The van der Waals surface area contributed by atoms with Gasteiger partial charge in [-0.1, -0.05) is 6.07 Å². The number of piperazine rings is 1. The van der Waals surface area contributed by atoms with Crippen molar-refractivity contribution < 1.29 is 8.42 Å². The van der Waals surface area contributed by atoms with E-state index in [-0.39, 0.29) is 0 Å². The number of nitrogens with zero attached hydrogens (tertiary/aromatic N) is 2. The van der Waals surface area contributed by atoms with Crippen LogP contribution < -0.4 is 15.8 Å². The van der Waals surface area contributed by atoms with Crippen LogP contribution in [0.1, 0.15) is 5.56 Å². The highest BCUT2D eigenvalue weighted by atomic mass is 32.2. The maximum absolute atomic E-state index is 11.2. The minimum Gasteiger partial charge on any atom is -0.398 e. The van der Waals surface area contributed by atoms with Crippen molar-refractivity contribution in [2.24, 2.45) is 5.14 Å². The lowest BCUT2D eigenvalue weighted by Gasteiger charge is -2.35. The molecule has 0 saturated carbocycles. The van der Waals surface area contributed by atoms with Crippen molar-refractivity contribution in [3.63, 3.8) is 0 Å². The van der Waals surface area contributed by atoms with Crippen LogP contribution in [-0.2, 0) is 10.2 Å². The molecule has 1 aliphatic rings. The SMILES string of the molecule is N=Cc1c(N)cccc1N1CCN(S(N)(=O)=O)CC1. The van der Waals surface area contributed by atoms with E-state index in [0.717, 1.165) is 5.69 Å². The maximum Gasteiger partial charge on any atom is 0.277 e. The minimum atomic E-state index is -3.62. The normalized spacial score (nSPS) is 17.4. The third-order valence-electron chi connectivity index (χ3n) is 3.20. The lowest BCUT2D eigenvalue weighted by Crippen LogP contribution is -2.50. The largest absolute Gasteiger partial charge is 0.398 e. The molecule has 0 aliphatic carbocycles. The van der Waals surface area contributed by atoms with Crippen LogP contribution in [0.25, 0.3) is 0 Å². The Kier molecular flexibility index (Phi) is 3.74. The molecule has 0 aromatic heterocycles. The van der Waals surface area contributed by atoms with Gasteiger partial charge in [-0.3, -0.25) is 0 Å². The van der Waals surface area contributed by atoms with Crippen LogP contribution in [0.3, 0.4) is 0 Å². The van der Waals surface area contributed by atoms with Crippen LogP contribution >= 0.6 is 0 Å². The first kappa shape index (κ1) is 13.8. The molecular weight excluding hydrogens is 266 g/mol. The number of hydrogen-bond donors (Lipinski definition) is 3. The van der Waals surface area contributed by atoms with Gasteiger partial charge in [-0.05, 0) is 12.1 Å². The van der Waals surface area contributed by atoms with Crippen molar-refractivity contribution in [1.29, 1.82) is 5.41 Å². The number of hydrogen-bond acceptors (Lipinski definition) is 5. The molecule has 1 heterocycles.